The Morgan fingerprint density at radius 2 is 2.00 bits per heavy atom. The molecule has 172 valence electrons. The Balaban J connectivity index is 1.46. The van der Waals surface area contributed by atoms with Gasteiger partial charge in [0.1, 0.15) is 0 Å². The van der Waals surface area contributed by atoms with Crippen molar-refractivity contribution in [3.63, 3.8) is 0 Å². The van der Waals surface area contributed by atoms with E-state index in [9.17, 15) is 9.18 Å². The maximum atomic E-state index is 14.4. The first-order valence-corrected chi connectivity index (χ1v) is 11.1. The second-order valence-corrected chi connectivity index (χ2v) is 8.62. The summed E-state index contributed by atoms with van der Waals surface area (Å²) >= 11 is 0. The highest BCUT2D eigenvalue weighted by Crippen LogP contribution is 2.30. The lowest BCUT2D eigenvalue weighted by Crippen LogP contribution is -2.44. The van der Waals surface area contributed by atoms with E-state index in [1.807, 2.05) is 6.07 Å². The highest BCUT2D eigenvalue weighted by atomic mass is 19.1. The number of nitrogens with zero attached hydrogens (tertiary/aromatic N) is 4. The molecule has 8 nitrogen and oxygen atoms in total. The van der Waals surface area contributed by atoms with Gasteiger partial charge < -0.3 is 25.2 Å². The van der Waals surface area contributed by atoms with Crippen LogP contribution in [0.4, 0.5) is 27.5 Å². The van der Waals surface area contributed by atoms with Crippen LogP contribution in [0.3, 0.4) is 0 Å². The number of halogens is 1. The largest absolute Gasteiger partial charge is 0.469 e. The van der Waals surface area contributed by atoms with E-state index in [-0.39, 0.29) is 23.7 Å². The zero-order valence-electron chi connectivity index (χ0n) is 18.9. The summed E-state index contributed by atoms with van der Waals surface area (Å²) in [5, 5.41) is 6.26. The lowest BCUT2D eigenvalue weighted by Gasteiger charge is -2.35. The number of benzene rings is 1. The molecule has 0 radical (unpaired) electrons. The van der Waals surface area contributed by atoms with Crippen molar-refractivity contribution < 1.29 is 13.9 Å². The molecule has 1 aromatic carbocycles. The fourth-order valence-corrected chi connectivity index (χ4v) is 4.53. The fourth-order valence-electron chi connectivity index (χ4n) is 4.53. The number of ether oxygens (including phenoxy) is 1. The Bertz CT molecular complexity index is 963. The van der Waals surface area contributed by atoms with E-state index >= 15 is 0 Å². The van der Waals surface area contributed by atoms with Gasteiger partial charge in [0.15, 0.2) is 11.6 Å². The van der Waals surface area contributed by atoms with E-state index in [0.717, 1.165) is 62.9 Å². The van der Waals surface area contributed by atoms with Crippen LogP contribution in [0, 0.1) is 18.7 Å². The van der Waals surface area contributed by atoms with Crippen molar-refractivity contribution in [3.8, 4) is 0 Å². The summed E-state index contributed by atoms with van der Waals surface area (Å²) in [7, 11) is 3.52. The zero-order valence-corrected chi connectivity index (χ0v) is 18.9. The molecule has 1 saturated carbocycles. The highest BCUT2D eigenvalue weighted by Gasteiger charge is 2.34. The van der Waals surface area contributed by atoms with Gasteiger partial charge in [-0.05, 0) is 50.6 Å². The summed E-state index contributed by atoms with van der Waals surface area (Å²) in [6.07, 6.45) is 3.51. The van der Waals surface area contributed by atoms with Crippen molar-refractivity contribution in [2.45, 2.75) is 32.2 Å². The molecular formula is C23H31FN6O2. The van der Waals surface area contributed by atoms with E-state index in [0.29, 0.717) is 5.95 Å². The molecule has 2 aromatic rings. The number of esters is 1. The minimum absolute atomic E-state index is 0.0917. The average molecular weight is 443 g/mol. The number of aryl methyl sites for hydroxylation is 1. The molecule has 1 aromatic heterocycles. The van der Waals surface area contributed by atoms with Gasteiger partial charge in [-0.1, -0.05) is 6.42 Å². The summed E-state index contributed by atoms with van der Waals surface area (Å²) in [6, 6.07) is 5.94. The van der Waals surface area contributed by atoms with E-state index in [1.165, 1.54) is 12.8 Å². The smallest absolute Gasteiger partial charge is 0.310 e. The first kappa shape index (κ1) is 22.3. The van der Waals surface area contributed by atoms with Crippen LogP contribution in [-0.2, 0) is 9.53 Å². The second kappa shape index (κ2) is 9.68. The molecule has 4 rings (SSSR count). The van der Waals surface area contributed by atoms with Gasteiger partial charge in [0.25, 0.3) is 0 Å². The van der Waals surface area contributed by atoms with Crippen LogP contribution in [0.2, 0.25) is 0 Å². The molecule has 32 heavy (non-hydrogen) atoms. The third-order valence-electron chi connectivity index (χ3n) is 6.38. The van der Waals surface area contributed by atoms with Gasteiger partial charge in [0.05, 0.1) is 19.2 Å². The summed E-state index contributed by atoms with van der Waals surface area (Å²) in [5.41, 5.74) is 3.22. The molecule has 0 spiro atoms. The van der Waals surface area contributed by atoms with E-state index in [4.69, 9.17) is 4.74 Å². The van der Waals surface area contributed by atoms with Crippen molar-refractivity contribution in [1.29, 1.82) is 0 Å². The van der Waals surface area contributed by atoms with Crippen LogP contribution < -0.4 is 15.5 Å². The van der Waals surface area contributed by atoms with Crippen LogP contribution in [0.15, 0.2) is 24.4 Å². The Morgan fingerprint density at radius 1 is 1.22 bits per heavy atom. The van der Waals surface area contributed by atoms with E-state index in [2.05, 4.69) is 56.5 Å². The molecule has 2 atom stereocenters. The van der Waals surface area contributed by atoms with Crippen molar-refractivity contribution in [2.75, 3.05) is 55.9 Å². The second-order valence-electron chi connectivity index (χ2n) is 8.62. The Morgan fingerprint density at radius 3 is 2.72 bits per heavy atom. The quantitative estimate of drug-likeness (QED) is 0.660. The number of methoxy groups -OCH3 is 1. The number of carbonyl (C=O) groups excluding carboxylic acids is 1. The number of likely N-dealkylation sites (N-methyl/N-ethyl adjacent to an activating group) is 1. The predicted octanol–water partition coefficient (Wildman–Crippen LogP) is 3.17. The molecule has 2 aliphatic rings. The number of anilines is 4. The number of nitrogens with one attached hydrogen (secondary N) is 2. The molecule has 0 bridgehead atoms. The number of rotatable bonds is 6. The van der Waals surface area contributed by atoms with Gasteiger partial charge in [0.2, 0.25) is 5.95 Å². The van der Waals surface area contributed by atoms with Crippen molar-refractivity contribution in [1.82, 2.24) is 14.9 Å². The number of aromatic nitrogens is 2. The normalized spacial score (nSPS) is 21.4. The van der Waals surface area contributed by atoms with Crippen LogP contribution in [0.1, 0.15) is 24.8 Å². The van der Waals surface area contributed by atoms with Crippen LogP contribution in [0.5, 0.6) is 0 Å². The van der Waals surface area contributed by atoms with Gasteiger partial charge in [-0.3, -0.25) is 4.79 Å². The summed E-state index contributed by atoms with van der Waals surface area (Å²) < 4.78 is 19.3. The van der Waals surface area contributed by atoms with Crippen molar-refractivity contribution in [2.24, 2.45) is 5.92 Å². The molecule has 2 fully saturated rings. The first-order valence-electron chi connectivity index (χ1n) is 11.1. The molecule has 1 aliphatic carbocycles. The zero-order chi connectivity index (χ0) is 22.7. The Labute approximate surface area is 188 Å². The van der Waals surface area contributed by atoms with E-state index in [1.54, 1.807) is 0 Å². The topological polar surface area (TPSA) is 82.6 Å². The summed E-state index contributed by atoms with van der Waals surface area (Å²) in [6.45, 7) is 6.21. The molecule has 0 unspecified atom stereocenters. The summed E-state index contributed by atoms with van der Waals surface area (Å²) in [4.78, 5) is 25.1. The Kier molecular flexibility index (Phi) is 6.74. The molecule has 1 aliphatic heterocycles. The van der Waals surface area contributed by atoms with Crippen LogP contribution in [-0.4, -0.2) is 67.2 Å². The van der Waals surface area contributed by atoms with Crippen molar-refractivity contribution >= 4 is 29.1 Å². The number of piperazine rings is 1. The molecule has 0 amide bonds. The molecule has 9 heteroatoms. The van der Waals surface area contributed by atoms with Gasteiger partial charge in [-0.25, -0.2) is 9.37 Å². The molecule has 1 saturated heterocycles. The van der Waals surface area contributed by atoms with Gasteiger partial charge in [0, 0.05) is 43.6 Å². The standard InChI is InChI=1S/C23H31FN6O2/c1-15-13-16(7-8-20(15)30-11-9-29(2)10-12-30)26-23-25-14-18(24)21(28-23)27-19-6-4-5-17(19)22(31)32-3/h7-8,13-14,17,19H,4-6,9-12H2,1-3H3,(H2,25,26,27,28)/t17-,19-/m0/s1. The minimum Gasteiger partial charge on any atom is -0.469 e. The predicted molar refractivity (Wildman–Crippen MR) is 123 cm³/mol. The van der Waals surface area contributed by atoms with Crippen LogP contribution in [0.25, 0.3) is 0 Å². The number of carbonyl (C=O) groups is 1. The van der Waals surface area contributed by atoms with E-state index < -0.39 is 5.82 Å². The number of hydrogen-bond donors (Lipinski definition) is 2. The fraction of sp³-hybridized carbons (Fsp3) is 0.522. The molecule has 2 N–H and O–H groups in total. The average Bonchev–Trinajstić information content (AvgIpc) is 3.25. The molecule has 2 heterocycles. The maximum absolute atomic E-state index is 14.4. The van der Waals surface area contributed by atoms with Crippen molar-refractivity contribution in [3.05, 3.63) is 35.8 Å². The molecular weight excluding hydrogens is 411 g/mol. The lowest BCUT2D eigenvalue weighted by molar-refractivity contribution is -0.145. The van der Waals surface area contributed by atoms with Crippen LogP contribution >= 0.6 is 0 Å². The third-order valence-corrected chi connectivity index (χ3v) is 6.38. The van der Waals surface area contributed by atoms with Gasteiger partial charge in [-0.2, -0.15) is 4.98 Å². The lowest BCUT2D eigenvalue weighted by atomic mass is 10.0. The highest BCUT2D eigenvalue weighted by molar-refractivity contribution is 5.74. The Hall–Kier alpha value is -2.94. The summed E-state index contributed by atoms with van der Waals surface area (Å²) in [5.74, 6) is -0.728. The number of hydrogen-bond acceptors (Lipinski definition) is 8. The maximum Gasteiger partial charge on any atom is 0.310 e. The first-order chi connectivity index (χ1) is 15.4. The monoisotopic (exact) mass is 442 g/mol. The van der Waals surface area contributed by atoms with Gasteiger partial charge in [-0.15, -0.1) is 0 Å². The van der Waals surface area contributed by atoms with Gasteiger partial charge >= 0.3 is 5.97 Å². The SMILES string of the molecule is COC(=O)[C@H]1CCC[C@@H]1Nc1nc(Nc2ccc(N3CCN(C)CC3)c(C)c2)ncc1F. The third kappa shape index (κ3) is 4.93. The minimum atomic E-state index is -0.548.